The summed E-state index contributed by atoms with van der Waals surface area (Å²) in [6.07, 6.45) is 0. The molecule has 7 nitrogen and oxygen atoms in total. The van der Waals surface area contributed by atoms with Crippen molar-refractivity contribution in [2.24, 2.45) is 0 Å². The number of piperazine rings is 1. The van der Waals surface area contributed by atoms with Gasteiger partial charge in [0.25, 0.3) is 5.91 Å². The molecule has 4 rings (SSSR count). The number of hydrogen-bond donors (Lipinski definition) is 1. The highest BCUT2D eigenvalue weighted by Crippen LogP contribution is 2.28. The number of sulfonamides is 1. The van der Waals surface area contributed by atoms with Crippen LogP contribution in [0, 0.1) is 17.1 Å². The summed E-state index contributed by atoms with van der Waals surface area (Å²) >= 11 is 6.22. The number of rotatable bonds is 5. The van der Waals surface area contributed by atoms with Crippen molar-refractivity contribution in [3.05, 3.63) is 88.7 Å². The Labute approximate surface area is 202 Å². The van der Waals surface area contributed by atoms with E-state index in [0.29, 0.717) is 24.3 Å². The SMILES string of the molecule is N#Cc1cccc(NC(=O)c2ccc(Cl)c(S(=O)(=O)N3CCN(c4ccc(F)cc4)CC3)c2)c1. The number of hydrogen-bond acceptors (Lipinski definition) is 5. The summed E-state index contributed by atoms with van der Waals surface area (Å²) in [7, 11) is -3.95. The number of anilines is 2. The minimum absolute atomic E-state index is 0.0176. The largest absolute Gasteiger partial charge is 0.369 e. The van der Waals surface area contributed by atoms with Crippen molar-refractivity contribution in [1.82, 2.24) is 4.31 Å². The van der Waals surface area contributed by atoms with Gasteiger partial charge in [-0.2, -0.15) is 9.57 Å². The van der Waals surface area contributed by atoms with Crippen LogP contribution in [0.5, 0.6) is 0 Å². The molecule has 0 radical (unpaired) electrons. The van der Waals surface area contributed by atoms with Crippen molar-refractivity contribution in [3.63, 3.8) is 0 Å². The highest BCUT2D eigenvalue weighted by atomic mass is 35.5. The Bertz CT molecular complexity index is 1370. The maximum Gasteiger partial charge on any atom is 0.255 e. The van der Waals surface area contributed by atoms with Crippen molar-refractivity contribution in [2.75, 3.05) is 36.4 Å². The van der Waals surface area contributed by atoms with Gasteiger partial charge in [-0.1, -0.05) is 17.7 Å². The fourth-order valence-electron chi connectivity index (χ4n) is 3.69. The van der Waals surface area contributed by atoms with E-state index >= 15 is 0 Å². The number of carbonyl (C=O) groups excluding carboxylic acids is 1. The summed E-state index contributed by atoms with van der Waals surface area (Å²) < 4.78 is 41.1. The smallest absolute Gasteiger partial charge is 0.255 e. The predicted octanol–water partition coefficient (Wildman–Crippen LogP) is 4.11. The normalized spacial score (nSPS) is 14.4. The molecule has 3 aromatic rings. The molecule has 3 aromatic carbocycles. The fourth-order valence-corrected chi connectivity index (χ4v) is 5.61. The number of halogens is 2. The van der Waals surface area contributed by atoms with E-state index in [1.165, 1.54) is 40.7 Å². The Morgan fingerprint density at radius 3 is 2.38 bits per heavy atom. The summed E-state index contributed by atoms with van der Waals surface area (Å²) in [5.74, 6) is -0.856. The maximum atomic E-state index is 13.3. The molecule has 0 aliphatic carbocycles. The van der Waals surface area contributed by atoms with Crippen LogP contribution in [0.3, 0.4) is 0 Å². The van der Waals surface area contributed by atoms with E-state index in [4.69, 9.17) is 16.9 Å². The van der Waals surface area contributed by atoms with Crippen molar-refractivity contribution in [3.8, 4) is 6.07 Å². The average Bonchev–Trinajstić information content (AvgIpc) is 2.85. The van der Waals surface area contributed by atoms with Crippen LogP contribution in [0.1, 0.15) is 15.9 Å². The van der Waals surface area contributed by atoms with E-state index in [1.54, 1.807) is 30.3 Å². The van der Waals surface area contributed by atoms with Crippen LogP contribution in [0.4, 0.5) is 15.8 Å². The summed E-state index contributed by atoms with van der Waals surface area (Å²) in [4.78, 5) is 14.6. The van der Waals surface area contributed by atoms with E-state index in [0.717, 1.165) is 5.69 Å². The lowest BCUT2D eigenvalue weighted by Crippen LogP contribution is -2.48. The van der Waals surface area contributed by atoms with Gasteiger partial charge in [-0.15, -0.1) is 0 Å². The molecule has 0 spiro atoms. The molecule has 1 saturated heterocycles. The number of nitrogens with one attached hydrogen (secondary N) is 1. The van der Waals surface area contributed by atoms with Crippen LogP contribution >= 0.6 is 11.6 Å². The minimum atomic E-state index is -3.95. The Morgan fingerprint density at radius 2 is 1.71 bits per heavy atom. The fraction of sp³-hybridized carbons (Fsp3) is 0.167. The van der Waals surface area contributed by atoms with Gasteiger partial charge in [0.2, 0.25) is 10.0 Å². The van der Waals surface area contributed by atoms with Gasteiger partial charge >= 0.3 is 0 Å². The second kappa shape index (κ2) is 9.81. The average molecular weight is 499 g/mol. The van der Waals surface area contributed by atoms with Crippen LogP contribution in [-0.2, 0) is 10.0 Å². The van der Waals surface area contributed by atoms with Gasteiger partial charge in [-0.3, -0.25) is 4.79 Å². The molecule has 174 valence electrons. The van der Waals surface area contributed by atoms with Crippen LogP contribution < -0.4 is 10.2 Å². The van der Waals surface area contributed by atoms with Crippen LogP contribution in [0.2, 0.25) is 5.02 Å². The number of amides is 1. The molecule has 1 fully saturated rings. The number of nitriles is 1. The number of benzene rings is 3. The summed E-state index contributed by atoms with van der Waals surface area (Å²) in [6, 6.07) is 18.5. The van der Waals surface area contributed by atoms with E-state index in [1.807, 2.05) is 11.0 Å². The second-order valence-electron chi connectivity index (χ2n) is 7.66. The lowest BCUT2D eigenvalue weighted by molar-refractivity contribution is 0.102. The molecular formula is C24H20ClFN4O3S. The summed E-state index contributed by atoms with van der Waals surface area (Å²) in [5.41, 5.74) is 1.74. The first-order chi connectivity index (χ1) is 16.3. The first-order valence-corrected chi connectivity index (χ1v) is 12.2. The predicted molar refractivity (Wildman–Crippen MR) is 128 cm³/mol. The first-order valence-electron chi connectivity index (χ1n) is 10.4. The molecule has 0 bridgehead atoms. The Morgan fingerprint density at radius 1 is 1.00 bits per heavy atom. The standard InChI is InChI=1S/C24H20ClFN4O3S/c25-22-9-4-18(24(31)28-20-3-1-2-17(14-20)16-27)15-23(22)34(32,33)30-12-10-29(11-13-30)21-7-5-19(26)6-8-21/h1-9,14-15H,10-13H2,(H,28,31). The van der Waals surface area contributed by atoms with Crippen LogP contribution in [0.25, 0.3) is 0 Å². The van der Waals surface area contributed by atoms with Gasteiger partial charge in [0, 0.05) is 43.1 Å². The number of nitrogens with zero attached hydrogens (tertiary/aromatic N) is 3. The molecule has 1 amide bonds. The molecule has 10 heteroatoms. The van der Waals surface area contributed by atoms with Gasteiger partial charge < -0.3 is 10.2 Å². The van der Waals surface area contributed by atoms with E-state index < -0.39 is 15.9 Å². The molecule has 1 aliphatic rings. The summed E-state index contributed by atoms with van der Waals surface area (Å²) in [6.45, 7) is 1.29. The Balaban J connectivity index is 1.51. The maximum absolute atomic E-state index is 13.3. The minimum Gasteiger partial charge on any atom is -0.369 e. The molecule has 1 N–H and O–H groups in total. The molecule has 0 aromatic heterocycles. The molecule has 34 heavy (non-hydrogen) atoms. The molecule has 1 heterocycles. The van der Waals surface area contributed by atoms with Crippen molar-refractivity contribution in [2.45, 2.75) is 4.90 Å². The van der Waals surface area contributed by atoms with Crippen molar-refractivity contribution >= 4 is 38.9 Å². The zero-order chi connectivity index (χ0) is 24.3. The Hall–Kier alpha value is -3.45. The van der Waals surface area contributed by atoms with Crippen LogP contribution in [-0.4, -0.2) is 44.8 Å². The first kappa shape index (κ1) is 23.7. The Kier molecular flexibility index (Phi) is 6.84. The second-order valence-corrected chi connectivity index (χ2v) is 9.97. The third-order valence-electron chi connectivity index (χ3n) is 5.49. The van der Waals surface area contributed by atoms with Gasteiger partial charge in [0.15, 0.2) is 0 Å². The highest BCUT2D eigenvalue weighted by Gasteiger charge is 2.31. The zero-order valence-corrected chi connectivity index (χ0v) is 19.5. The van der Waals surface area contributed by atoms with E-state index in [9.17, 15) is 17.6 Å². The monoisotopic (exact) mass is 498 g/mol. The van der Waals surface area contributed by atoms with E-state index in [2.05, 4.69) is 5.32 Å². The van der Waals surface area contributed by atoms with Gasteiger partial charge in [0.05, 0.1) is 16.7 Å². The molecule has 0 atom stereocenters. The van der Waals surface area contributed by atoms with Crippen LogP contribution in [0.15, 0.2) is 71.6 Å². The molecule has 0 unspecified atom stereocenters. The van der Waals surface area contributed by atoms with Gasteiger partial charge in [-0.05, 0) is 60.7 Å². The molecular weight excluding hydrogens is 479 g/mol. The quantitative estimate of drug-likeness (QED) is 0.571. The topological polar surface area (TPSA) is 93.5 Å². The lowest BCUT2D eigenvalue weighted by atomic mass is 10.2. The number of carbonyl (C=O) groups is 1. The third-order valence-corrected chi connectivity index (χ3v) is 7.87. The molecule has 0 saturated carbocycles. The molecule has 1 aliphatic heterocycles. The van der Waals surface area contributed by atoms with E-state index in [-0.39, 0.29) is 34.4 Å². The van der Waals surface area contributed by atoms with Gasteiger partial charge in [-0.25, -0.2) is 12.8 Å². The lowest BCUT2D eigenvalue weighted by Gasteiger charge is -2.35. The highest BCUT2D eigenvalue weighted by molar-refractivity contribution is 7.89. The van der Waals surface area contributed by atoms with Gasteiger partial charge in [0.1, 0.15) is 10.7 Å². The zero-order valence-electron chi connectivity index (χ0n) is 17.9. The van der Waals surface area contributed by atoms with Crippen molar-refractivity contribution < 1.29 is 17.6 Å². The third kappa shape index (κ3) is 5.04. The summed E-state index contributed by atoms with van der Waals surface area (Å²) in [5, 5.41) is 11.7. The van der Waals surface area contributed by atoms with Crippen molar-refractivity contribution in [1.29, 1.82) is 5.26 Å².